The van der Waals surface area contributed by atoms with E-state index >= 15 is 0 Å². The number of aryl methyl sites for hydroxylation is 1. The van der Waals surface area contributed by atoms with Gasteiger partial charge in [0.25, 0.3) is 0 Å². The highest BCUT2D eigenvalue weighted by Crippen LogP contribution is 2.06. The van der Waals surface area contributed by atoms with Crippen LogP contribution in [0, 0.1) is 0 Å². The van der Waals surface area contributed by atoms with Crippen molar-refractivity contribution in [3.63, 3.8) is 0 Å². The van der Waals surface area contributed by atoms with Gasteiger partial charge in [0.1, 0.15) is 5.78 Å². The Bertz CT molecular complexity index is 332. The Labute approximate surface area is 90.9 Å². The summed E-state index contributed by atoms with van der Waals surface area (Å²) in [5, 5.41) is 4.10. The summed E-state index contributed by atoms with van der Waals surface area (Å²) in [6.07, 6.45) is 4.40. The molecule has 0 aromatic carbocycles. The van der Waals surface area contributed by atoms with E-state index in [2.05, 4.69) is 5.10 Å². The Morgan fingerprint density at radius 3 is 2.80 bits per heavy atom. The Morgan fingerprint density at radius 2 is 2.33 bits per heavy atom. The molecule has 0 N–H and O–H groups in total. The predicted octanol–water partition coefficient (Wildman–Crippen LogP) is 1.22. The molecule has 0 fully saturated rings. The third kappa shape index (κ3) is 3.16. The largest absolute Gasteiger partial charge is 0.298 e. The van der Waals surface area contributed by atoms with Crippen LogP contribution in [0.5, 0.6) is 0 Å². The average Bonchev–Trinajstić information content (AvgIpc) is 2.61. The first-order valence-electron chi connectivity index (χ1n) is 5.25. The molecule has 4 heteroatoms. The molecule has 0 aliphatic rings. The molecule has 1 rings (SSSR count). The second kappa shape index (κ2) is 5.07. The molecule has 0 aliphatic heterocycles. The van der Waals surface area contributed by atoms with E-state index in [9.17, 15) is 4.79 Å². The average molecular weight is 209 g/mol. The van der Waals surface area contributed by atoms with Crippen LogP contribution in [-0.4, -0.2) is 33.6 Å². The first-order valence-corrected chi connectivity index (χ1v) is 5.25. The van der Waals surface area contributed by atoms with Gasteiger partial charge in [0, 0.05) is 31.8 Å². The van der Waals surface area contributed by atoms with Crippen LogP contribution < -0.4 is 0 Å². The maximum Gasteiger partial charge on any atom is 0.149 e. The smallest absolute Gasteiger partial charge is 0.149 e. The lowest BCUT2D eigenvalue weighted by Gasteiger charge is -2.22. The van der Waals surface area contributed by atoms with E-state index < -0.39 is 0 Å². The summed E-state index contributed by atoms with van der Waals surface area (Å²) in [6.45, 7) is 4.61. The van der Waals surface area contributed by atoms with Crippen molar-refractivity contribution in [1.29, 1.82) is 0 Å². The monoisotopic (exact) mass is 209 g/mol. The summed E-state index contributed by atoms with van der Waals surface area (Å²) < 4.78 is 1.77. The van der Waals surface area contributed by atoms with Gasteiger partial charge in [0.2, 0.25) is 0 Å². The van der Waals surface area contributed by atoms with Gasteiger partial charge in [-0.1, -0.05) is 6.92 Å². The quantitative estimate of drug-likeness (QED) is 0.732. The molecule has 0 spiro atoms. The number of carbonyl (C=O) groups is 1. The number of hydrogen-bond acceptors (Lipinski definition) is 3. The Balaban J connectivity index is 2.55. The highest BCUT2D eigenvalue weighted by molar-refractivity contribution is 5.83. The number of rotatable bonds is 5. The van der Waals surface area contributed by atoms with Crippen LogP contribution >= 0.6 is 0 Å². The van der Waals surface area contributed by atoms with Gasteiger partial charge in [-0.15, -0.1) is 0 Å². The molecule has 1 atom stereocenters. The molecule has 1 unspecified atom stereocenters. The third-order valence-electron chi connectivity index (χ3n) is 2.67. The molecule has 1 heterocycles. The highest BCUT2D eigenvalue weighted by atomic mass is 16.1. The van der Waals surface area contributed by atoms with Crippen molar-refractivity contribution >= 4 is 5.78 Å². The first kappa shape index (κ1) is 11.9. The molecule has 0 aliphatic carbocycles. The van der Waals surface area contributed by atoms with E-state index in [4.69, 9.17) is 0 Å². The summed E-state index contributed by atoms with van der Waals surface area (Å²) >= 11 is 0. The normalized spacial score (nSPS) is 13.1. The summed E-state index contributed by atoms with van der Waals surface area (Å²) in [6, 6.07) is -0.0183. The van der Waals surface area contributed by atoms with Crippen LogP contribution in [0.25, 0.3) is 0 Å². The standard InChI is InChI=1S/C11H19N3O/c1-5-11(15)9(2)13(3)7-10-6-12-14(4)8-10/h6,8-9H,5,7H2,1-4H3. The lowest BCUT2D eigenvalue weighted by molar-refractivity contribution is -0.123. The van der Waals surface area contributed by atoms with Crippen molar-refractivity contribution in [3.05, 3.63) is 18.0 Å². The molecule has 4 nitrogen and oxygen atoms in total. The van der Waals surface area contributed by atoms with Gasteiger partial charge in [-0.3, -0.25) is 14.4 Å². The number of likely N-dealkylation sites (N-methyl/N-ethyl adjacent to an activating group) is 1. The SMILES string of the molecule is CCC(=O)C(C)N(C)Cc1cnn(C)c1. The molecule has 1 aromatic rings. The molecule has 0 bridgehead atoms. The number of hydrogen-bond donors (Lipinski definition) is 0. The molecular weight excluding hydrogens is 190 g/mol. The zero-order valence-electron chi connectivity index (χ0n) is 9.90. The summed E-state index contributed by atoms with van der Waals surface area (Å²) in [5.41, 5.74) is 1.13. The van der Waals surface area contributed by atoms with Crippen LogP contribution in [0.4, 0.5) is 0 Å². The third-order valence-corrected chi connectivity index (χ3v) is 2.67. The van der Waals surface area contributed by atoms with Crippen molar-refractivity contribution in [2.24, 2.45) is 7.05 Å². The molecule has 1 aromatic heterocycles. The Hall–Kier alpha value is -1.16. The van der Waals surface area contributed by atoms with Gasteiger partial charge < -0.3 is 0 Å². The number of Topliss-reactive ketones (excluding diaryl/α,β-unsaturated/α-hetero) is 1. The second-order valence-electron chi connectivity index (χ2n) is 3.93. The van der Waals surface area contributed by atoms with Gasteiger partial charge in [-0.25, -0.2) is 0 Å². The van der Waals surface area contributed by atoms with Crippen molar-refractivity contribution in [3.8, 4) is 0 Å². The predicted molar refractivity (Wildman–Crippen MR) is 59.4 cm³/mol. The maximum atomic E-state index is 11.5. The van der Waals surface area contributed by atoms with Crippen molar-refractivity contribution < 1.29 is 4.79 Å². The maximum absolute atomic E-state index is 11.5. The van der Waals surface area contributed by atoms with Gasteiger partial charge in [0.05, 0.1) is 12.2 Å². The molecule has 0 radical (unpaired) electrons. The lowest BCUT2D eigenvalue weighted by atomic mass is 10.1. The fourth-order valence-corrected chi connectivity index (χ4v) is 1.52. The fourth-order valence-electron chi connectivity index (χ4n) is 1.52. The molecule has 0 saturated heterocycles. The minimum atomic E-state index is -0.0183. The van der Waals surface area contributed by atoms with Crippen LogP contribution in [0.15, 0.2) is 12.4 Å². The van der Waals surface area contributed by atoms with Crippen molar-refractivity contribution in [2.75, 3.05) is 7.05 Å². The van der Waals surface area contributed by atoms with Gasteiger partial charge in [-0.2, -0.15) is 5.10 Å². The topological polar surface area (TPSA) is 38.1 Å². The van der Waals surface area contributed by atoms with Gasteiger partial charge in [0.15, 0.2) is 0 Å². The number of aromatic nitrogens is 2. The molecule has 15 heavy (non-hydrogen) atoms. The van der Waals surface area contributed by atoms with Crippen LogP contribution in [0.3, 0.4) is 0 Å². The van der Waals surface area contributed by atoms with E-state index in [0.29, 0.717) is 6.42 Å². The van der Waals surface area contributed by atoms with Crippen LogP contribution in [-0.2, 0) is 18.4 Å². The fraction of sp³-hybridized carbons (Fsp3) is 0.636. The first-order chi connectivity index (χ1) is 7.04. The number of ketones is 1. The lowest BCUT2D eigenvalue weighted by Crippen LogP contribution is -2.35. The molecule has 0 saturated carbocycles. The van der Waals surface area contributed by atoms with E-state index in [1.807, 2.05) is 45.2 Å². The molecule has 0 amide bonds. The number of carbonyl (C=O) groups excluding carboxylic acids is 1. The van der Waals surface area contributed by atoms with Gasteiger partial charge in [-0.05, 0) is 14.0 Å². The van der Waals surface area contributed by atoms with E-state index in [-0.39, 0.29) is 11.8 Å². The van der Waals surface area contributed by atoms with Gasteiger partial charge >= 0.3 is 0 Å². The minimum absolute atomic E-state index is 0.0183. The van der Waals surface area contributed by atoms with E-state index in [0.717, 1.165) is 12.1 Å². The van der Waals surface area contributed by atoms with Crippen LogP contribution in [0.2, 0.25) is 0 Å². The zero-order chi connectivity index (χ0) is 11.4. The highest BCUT2D eigenvalue weighted by Gasteiger charge is 2.16. The minimum Gasteiger partial charge on any atom is -0.298 e. The van der Waals surface area contributed by atoms with E-state index in [1.165, 1.54) is 0 Å². The molecular formula is C11H19N3O. The summed E-state index contributed by atoms with van der Waals surface area (Å²) in [4.78, 5) is 13.5. The van der Waals surface area contributed by atoms with Crippen LogP contribution in [0.1, 0.15) is 25.8 Å². The van der Waals surface area contributed by atoms with Crippen molar-refractivity contribution in [1.82, 2.24) is 14.7 Å². The Kier molecular flexibility index (Phi) is 4.03. The summed E-state index contributed by atoms with van der Waals surface area (Å²) in [5.74, 6) is 0.279. The zero-order valence-corrected chi connectivity index (χ0v) is 9.90. The summed E-state index contributed by atoms with van der Waals surface area (Å²) in [7, 11) is 3.86. The Morgan fingerprint density at radius 1 is 1.67 bits per heavy atom. The van der Waals surface area contributed by atoms with Crippen molar-refractivity contribution in [2.45, 2.75) is 32.9 Å². The van der Waals surface area contributed by atoms with E-state index in [1.54, 1.807) is 4.68 Å². The second-order valence-corrected chi connectivity index (χ2v) is 3.93. The molecule has 84 valence electrons. The number of nitrogens with zero attached hydrogens (tertiary/aromatic N) is 3.